The van der Waals surface area contributed by atoms with Crippen molar-refractivity contribution in [3.05, 3.63) is 30.1 Å². The molecule has 3 heterocycles. The number of carbonyl (C=O) groups excluding carboxylic acids is 1. The van der Waals surface area contributed by atoms with Crippen molar-refractivity contribution in [1.82, 2.24) is 14.8 Å². The number of aromatic nitrogens is 1. The molecule has 2 aliphatic heterocycles. The monoisotopic (exact) mass is 331 g/mol. The lowest BCUT2D eigenvalue weighted by atomic mass is 10.1. The topological polar surface area (TPSA) is 54.9 Å². The number of fused-ring (bicyclic) bond motifs is 2. The average Bonchev–Trinajstić information content (AvgIpc) is 3.22. The van der Waals surface area contributed by atoms with Gasteiger partial charge in [-0.25, -0.2) is 4.79 Å². The van der Waals surface area contributed by atoms with Gasteiger partial charge in [-0.05, 0) is 37.3 Å². The first kappa shape index (κ1) is 15.8. The number of pyridine rings is 1. The van der Waals surface area contributed by atoms with E-state index in [0.717, 1.165) is 44.3 Å². The minimum Gasteiger partial charge on any atom is -0.374 e. The maximum Gasteiger partial charge on any atom is 0.320 e. The van der Waals surface area contributed by atoms with Gasteiger partial charge in [0.25, 0.3) is 0 Å². The number of hydrogen-bond acceptors (Lipinski definition) is 4. The molecular weight excluding hydrogens is 306 g/mol. The van der Waals surface area contributed by atoms with Crippen molar-refractivity contribution in [3.8, 4) is 0 Å². The second-order valence-corrected chi connectivity index (χ2v) is 6.86. The zero-order valence-electron chi connectivity index (χ0n) is 14.0. The molecule has 2 saturated heterocycles. The molecule has 1 aliphatic carbocycles. The molecule has 4 rings (SSSR count). The van der Waals surface area contributed by atoms with Crippen molar-refractivity contribution in [2.45, 2.75) is 50.5 Å². The summed E-state index contributed by atoms with van der Waals surface area (Å²) >= 11 is 0. The summed E-state index contributed by atoms with van der Waals surface area (Å²) in [6, 6.07) is 4.22. The van der Waals surface area contributed by atoms with Crippen molar-refractivity contribution >= 4 is 6.03 Å². The van der Waals surface area contributed by atoms with Crippen LogP contribution in [0.4, 0.5) is 4.79 Å². The molecule has 0 spiro atoms. The summed E-state index contributed by atoms with van der Waals surface area (Å²) in [5.74, 6) is 0. The molecule has 3 unspecified atom stereocenters. The molecule has 2 amide bonds. The van der Waals surface area contributed by atoms with E-state index in [4.69, 9.17) is 9.47 Å². The normalized spacial score (nSPS) is 29.8. The van der Waals surface area contributed by atoms with Crippen LogP contribution in [0.15, 0.2) is 24.5 Å². The summed E-state index contributed by atoms with van der Waals surface area (Å²) in [6.45, 7) is 3.55. The number of hydrogen-bond donors (Lipinski definition) is 0. The molecule has 0 aromatic carbocycles. The van der Waals surface area contributed by atoms with Gasteiger partial charge < -0.3 is 19.3 Å². The predicted octanol–water partition coefficient (Wildman–Crippen LogP) is 2.05. The molecule has 3 fully saturated rings. The smallest absolute Gasteiger partial charge is 0.320 e. The summed E-state index contributed by atoms with van der Waals surface area (Å²) in [4.78, 5) is 21.0. The fourth-order valence-corrected chi connectivity index (χ4v) is 4.11. The van der Waals surface area contributed by atoms with E-state index in [9.17, 15) is 4.79 Å². The molecule has 2 bridgehead atoms. The molecule has 1 aromatic heterocycles. The van der Waals surface area contributed by atoms with E-state index >= 15 is 0 Å². The van der Waals surface area contributed by atoms with Crippen molar-refractivity contribution in [1.29, 1.82) is 0 Å². The Balaban J connectivity index is 1.46. The van der Waals surface area contributed by atoms with Crippen molar-refractivity contribution in [3.63, 3.8) is 0 Å². The lowest BCUT2D eigenvalue weighted by Crippen LogP contribution is -2.51. The summed E-state index contributed by atoms with van der Waals surface area (Å²) in [5, 5.41) is 0. The maximum absolute atomic E-state index is 12.9. The first-order valence-electron chi connectivity index (χ1n) is 9.00. The molecule has 6 heteroatoms. The minimum atomic E-state index is -0.0424. The second kappa shape index (κ2) is 7.07. The third kappa shape index (κ3) is 3.13. The van der Waals surface area contributed by atoms with Gasteiger partial charge in [-0.1, -0.05) is 6.07 Å². The highest BCUT2D eigenvalue weighted by Gasteiger charge is 2.45. The zero-order valence-corrected chi connectivity index (χ0v) is 14.0. The van der Waals surface area contributed by atoms with E-state index in [-0.39, 0.29) is 24.3 Å². The number of amides is 2. The lowest BCUT2D eigenvalue weighted by Gasteiger charge is -2.34. The number of nitrogens with zero attached hydrogens (tertiary/aromatic N) is 3. The van der Waals surface area contributed by atoms with Crippen LogP contribution in [0.3, 0.4) is 0 Å². The van der Waals surface area contributed by atoms with Gasteiger partial charge in [-0.2, -0.15) is 0 Å². The molecule has 3 aliphatic rings. The number of ether oxygens (including phenoxy) is 2. The fourth-order valence-electron chi connectivity index (χ4n) is 4.11. The average molecular weight is 331 g/mol. The Morgan fingerprint density at radius 2 is 2.17 bits per heavy atom. The summed E-state index contributed by atoms with van der Waals surface area (Å²) < 4.78 is 12.2. The Kier molecular flexibility index (Phi) is 4.67. The van der Waals surface area contributed by atoms with Crippen LogP contribution in [-0.4, -0.2) is 65.3 Å². The Hall–Kier alpha value is -1.66. The molecule has 1 aromatic rings. The third-order valence-corrected chi connectivity index (χ3v) is 5.34. The molecule has 24 heavy (non-hydrogen) atoms. The third-order valence-electron chi connectivity index (χ3n) is 5.34. The van der Waals surface area contributed by atoms with Crippen LogP contribution in [0.25, 0.3) is 0 Å². The lowest BCUT2D eigenvalue weighted by molar-refractivity contribution is -0.0597. The van der Waals surface area contributed by atoms with Gasteiger partial charge in [0.15, 0.2) is 0 Å². The van der Waals surface area contributed by atoms with Crippen molar-refractivity contribution in [2.75, 3.05) is 26.2 Å². The van der Waals surface area contributed by atoms with Gasteiger partial charge in [0.1, 0.15) is 6.10 Å². The molecule has 0 N–H and O–H groups in total. The minimum absolute atomic E-state index is 0.0424. The van der Waals surface area contributed by atoms with E-state index < -0.39 is 0 Å². The number of rotatable bonds is 3. The van der Waals surface area contributed by atoms with Gasteiger partial charge >= 0.3 is 6.03 Å². The van der Waals surface area contributed by atoms with E-state index in [0.29, 0.717) is 19.8 Å². The van der Waals surface area contributed by atoms with E-state index in [1.807, 2.05) is 28.1 Å². The van der Waals surface area contributed by atoms with Crippen LogP contribution in [0.5, 0.6) is 0 Å². The number of urea groups is 1. The van der Waals surface area contributed by atoms with Crippen LogP contribution in [-0.2, 0) is 16.1 Å². The molecular formula is C18H25N3O3. The van der Waals surface area contributed by atoms with Crippen LogP contribution < -0.4 is 0 Å². The van der Waals surface area contributed by atoms with Crippen LogP contribution in [0.1, 0.15) is 31.2 Å². The van der Waals surface area contributed by atoms with Crippen LogP contribution in [0.2, 0.25) is 0 Å². The van der Waals surface area contributed by atoms with Gasteiger partial charge in [0.2, 0.25) is 0 Å². The predicted molar refractivity (Wildman–Crippen MR) is 88.5 cm³/mol. The molecule has 0 radical (unpaired) electrons. The first-order chi connectivity index (χ1) is 11.8. The van der Waals surface area contributed by atoms with E-state index in [1.54, 1.807) is 6.20 Å². The molecule has 6 nitrogen and oxygen atoms in total. The Morgan fingerprint density at radius 3 is 2.96 bits per heavy atom. The standard InChI is InChI=1S/C18H25N3O3/c22-18(20-8-1-2-9-20)21-10-11-23-16-6-5-15(21)17(16)24-13-14-4-3-7-19-12-14/h3-4,7,12,15-17H,1-2,5-6,8-11,13H2. The fraction of sp³-hybridized carbons (Fsp3) is 0.667. The van der Waals surface area contributed by atoms with Crippen LogP contribution in [0, 0.1) is 0 Å². The highest BCUT2D eigenvalue weighted by Crippen LogP contribution is 2.33. The Morgan fingerprint density at radius 1 is 1.29 bits per heavy atom. The number of likely N-dealkylation sites (tertiary alicyclic amines) is 1. The second-order valence-electron chi connectivity index (χ2n) is 6.86. The molecule has 3 atom stereocenters. The number of carbonyl (C=O) groups is 1. The SMILES string of the molecule is O=C(N1CCCC1)N1CCOC2CCC1C2OCc1cccnc1. The largest absolute Gasteiger partial charge is 0.374 e. The van der Waals surface area contributed by atoms with Gasteiger partial charge in [0, 0.05) is 32.0 Å². The molecule has 1 saturated carbocycles. The summed E-state index contributed by atoms with van der Waals surface area (Å²) in [7, 11) is 0. The first-order valence-corrected chi connectivity index (χ1v) is 9.00. The summed E-state index contributed by atoms with van der Waals surface area (Å²) in [6.07, 6.45) is 7.80. The van der Waals surface area contributed by atoms with E-state index in [2.05, 4.69) is 4.98 Å². The van der Waals surface area contributed by atoms with Gasteiger partial charge in [-0.15, -0.1) is 0 Å². The van der Waals surface area contributed by atoms with Gasteiger partial charge in [-0.3, -0.25) is 4.98 Å². The zero-order chi connectivity index (χ0) is 16.4. The van der Waals surface area contributed by atoms with E-state index in [1.165, 1.54) is 0 Å². The maximum atomic E-state index is 12.9. The molecule has 130 valence electrons. The van der Waals surface area contributed by atoms with Crippen molar-refractivity contribution < 1.29 is 14.3 Å². The highest BCUT2D eigenvalue weighted by molar-refractivity contribution is 5.75. The quantitative estimate of drug-likeness (QED) is 0.851. The van der Waals surface area contributed by atoms with Crippen LogP contribution >= 0.6 is 0 Å². The summed E-state index contributed by atoms with van der Waals surface area (Å²) in [5.41, 5.74) is 1.05. The van der Waals surface area contributed by atoms with Gasteiger partial charge in [0.05, 0.1) is 25.4 Å². The highest BCUT2D eigenvalue weighted by atomic mass is 16.5. The Bertz CT molecular complexity index is 562. The Labute approximate surface area is 142 Å². The van der Waals surface area contributed by atoms with Crippen molar-refractivity contribution in [2.24, 2.45) is 0 Å².